The van der Waals surface area contributed by atoms with E-state index in [0.29, 0.717) is 5.92 Å². The standard InChI is InChI=1S/C17H28N4O2/c1-20(8-9-22-2)12-15-10-17(23-13-15)4-3-7-21(14-17)16-11-18-5-6-19-16/h5-6,11,15H,3-4,7-10,12-14H2,1-2H3. The Morgan fingerprint density at radius 2 is 2.39 bits per heavy atom. The molecule has 0 aliphatic carbocycles. The van der Waals surface area contributed by atoms with Crippen LogP contribution in [0.4, 0.5) is 5.82 Å². The summed E-state index contributed by atoms with van der Waals surface area (Å²) in [4.78, 5) is 13.3. The van der Waals surface area contributed by atoms with Gasteiger partial charge in [-0.3, -0.25) is 4.98 Å². The summed E-state index contributed by atoms with van der Waals surface area (Å²) in [5.41, 5.74) is 0.00251. The average Bonchev–Trinajstić information content (AvgIpc) is 2.95. The summed E-state index contributed by atoms with van der Waals surface area (Å²) in [5, 5.41) is 0. The maximum Gasteiger partial charge on any atom is 0.147 e. The molecule has 0 aromatic carbocycles. The van der Waals surface area contributed by atoms with Crippen molar-refractivity contribution < 1.29 is 9.47 Å². The Balaban J connectivity index is 1.56. The van der Waals surface area contributed by atoms with E-state index in [1.54, 1.807) is 19.5 Å². The van der Waals surface area contributed by atoms with Crippen molar-refractivity contribution in [2.24, 2.45) is 5.92 Å². The first-order chi connectivity index (χ1) is 11.2. The molecule has 2 fully saturated rings. The van der Waals surface area contributed by atoms with Gasteiger partial charge < -0.3 is 19.3 Å². The molecule has 0 saturated carbocycles. The maximum atomic E-state index is 6.30. The predicted molar refractivity (Wildman–Crippen MR) is 89.6 cm³/mol. The van der Waals surface area contributed by atoms with E-state index in [9.17, 15) is 0 Å². The van der Waals surface area contributed by atoms with Crippen LogP contribution >= 0.6 is 0 Å². The van der Waals surface area contributed by atoms with Crippen molar-refractivity contribution in [1.82, 2.24) is 14.9 Å². The molecule has 2 atom stereocenters. The van der Waals surface area contributed by atoms with Gasteiger partial charge in [-0.05, 0) is 32.2 Å². The number of methoxy groups -OCH3 is 1. The molecule has 2 saturated heterocycles. The fourth-order valence-corrected chi connectivity index (χ4v) is 3.87. The molecule has 2 unspecified atom stereocenters. The molecular formula is C17H28N4O2. The van der Waals surface area contributed by atoms with Crippen molar-refractivity contribution in [1.29, 1.82) is 0 Å². The van der Waals surface area contributed by atoms with Gasteiger partial charge in [-0.1, -0.05) is 0 Å². The Bertz CT molecular complexity index is 487. The monoisotopic (exact) mass is 320 g/mol. The molecule has 0 bridgehead atoms. The van der Waals surface area contributed by atoms with Gasteiger partial charge in [0.05, 0.1) is 25.0 Å². The molecule has 0 amide bonds. The zero-order valence-electron chi connectivity index (χ0n) is 14.3. The quantitative estimate of drug-likeness (QED) is 0.790. The molecule has 1 spiro atoms. The van der Waals surface area contributed by atoms with Crippen LogP contribution in [0.25, 0.3) is 0 Å². The minimum absolute atomic E-state index is 0.00251. The molecule has 3 heterocycles. The Labute approximate surface area is 138 Å². The Kier molecular flexibility index (Phi) is 5.46. The van der Waals surface area contributed by atoms with Gasteiger partial charge >= 0.3 is 0 Å². The highest BCUT2D eigenvalue weighted by atomic mass is 16.5. The van der Waals surface area contributed by atoms with E-state index in [-0.39, 0.29) is 5.60 Å². The highest BCUT2D eigenvalue weighted by Crippen LogP contribution is 2.38. The maximum absolute atomic E-state index is 6.30. The van der Waals surface area contributed by atoms with E-state index in [4.69, 9.17) is 9.47 Å². The van der Waals surface area contributed by atoms with E-state index in [2.05, 4.69) is 26.8 Å². The lowest BCUT2D eigenvalue weighted by molar-refractivity contribution is -0.00740. The van der Waals surface area contributed by atoms with Crippen LogP contribution in [0, 0.1) is 5.92 Å². The summed E-state index contributed by atoms with van der Waals surface area (Å²) < 4.78 is 11.5. The number of aromatic nitrogens is 2. The molecule has 0 N–H and O–H groups in total. The van der Waals surface area contributed by atoms with E-state index >= 15 is 0 Å². The molecule has 23 heavy (non-hydrogen) atoms. The molecule has 0 radical (unpaired) electrons. The summed E-state index contributed by atoms with van der Waals surface area (Å²) in [6.07, 6.45) is 8.79. The van der Waals surface area contributed by atoms with Crippen molar-refractivity contribution in [3.8, 4) is 0 Å². The van der Waals surface area contributed by atoms with Gasteiger partial charge in [0.2, 0.25) is 0 Å². The van der Waals surface area contributed by atoms with E-state index in [1.165, 1.54) is 0 Å². The van der Waals surface area contributed by atoms with E-state index in [1.807, 2.05) is 6.20 Å². The van der Waals surface area contributed by atoms with Crippen molar-refractivity contribution >= 4 is 5.82 Å². The second-order valence-corrected chi connectivity index (χ2v) is 6.91. The minimum Gasteiger partial charge on any atom is -0.383 e. The third-order valence-corrected chi connectivity index (χ3v) is 4.95. The first-order valence-electron chi connectivity index (χ1n) is 8.53. The normalized spacial score (nSPS) is 28.0. The summed E-state index contributed by atoms with van der Waals surface area (Å²) in [6, 6.07) is 0. The average molecular weight is 320 g/mol. The Morgan fingerprint density at radius 3 is 3.17 bits per heavy atom. The number of hydrogen-bond acceptors (Lipinski definition) is 6. The minimum atomic E-state index is 0.00251. The zero-order chi connectivity index (χ0) is 16.1. The van der Waals surface area contributed by atoms with Gasteiger partial charge in [-0.15, -0.1) is 0 Å². The van der Waals surface area contributed by atoms with Gasteiger partial charge in [0.25, 0.3) is 0 Å². The summed E-state index contributed by atoms with van der Waals surface area (Å²) in [7, 11) is 3.92. The number of hydrogen-bond donors (Lipinski definition) is 0. The Hall–Kier alpha value is -1.24. The third-order valence-electron chi connectivity index (χ3n) is 4.95. The predicted octanol–water partition coefficient (Wildman–Crippen LogP) is 1.43. The summed E-state index contributed by atoms with van der Waals surface area (Å²) in [5.74, 6) is 1.58. The van der Waals surface area contributed by atoms with Crippen LogP contribution in [0.2, 0.25) is 0 Å². The topological polar surface area (TPSA) is 50.7 Å². The fraction of sp³-hybridized carbons (Fsp3) is 0.765. The van der Waals surface area contributed by atoms with E-state index in [0.717, 1.165) is 64.5 Å². The lowest BCUT2D eigenvalue weighted by Gasteiger charge is -2.40. The number of anilines is 1. The Morgan fingerprint density at radius 1 is 1.48 bits per heavy atom. The number of ether oxygens (including phenoxy) is 2. The molecule has 1 aromatic heterocycles. The largest absolute Gasteiger partial charge is 0.383 e. The molecular weight excluding hydrogens is 292 g/mol. The van der Waals surface area contributed by atoms with E-state index < -0.39 is 0 Å². The SMILES string of the molecule is COCCN(C)CC1COC2(CCCN(c3cnccn3)C2)C1. The van der Waals surface area contributed by atoms with Crippen molar-refractivity contribution in [3.63, 3.8) is 0 Å². The molecule has 6 heteroatoms. The van der Waals surface area contributed by atoms with Crippen LogP contribution in [0.5, 0.6) is 0 Å². The number of nitrogens with zero attached hydrogens (tertiary/aromatic N) is 4. The lowest BCUT2D eigenvalue weighted by atomic mass is 9.86. The second kappa shape index (κ2) is 7.55. The molecule has 3 rings (SSSR count). The molecule has 1 aromatic rings. The van der Waals surface area contributed by atoms with Crippen LogP contribution in [-0.4, -0.2) is 74.0 Å². The van der Waals surface area contributed by atoms with Crippen LogP contribution in [-0.2, 0) is 9.47 Å². The second-order valence-electron chi connectivity index (χ2n) is 6.91. The highest BCUT2D eigenvalue weighted by Gasteiger charge is 2.43. The van der Waals surface area contributed by atoms with Crippen LogP contribution in [0.15, 0.2) is 18.6 Å². The van der Waals surface area contributed by atoms with Gasteiger partial charge in [-0.25, -0.2) is 4.98 Å². The van der Waals surface area contributed by atoms with Gasteiger partial charge in [0.15, 0.2) is 0 Å². The molecule has 2 aliphatic heterocycles. The van der Waals surface area contributed by atoms with Gasteiger partial charge in [-0.2, -0.15) is 0 Å². The van der Waals surface area contributed by atoms with Gasteiger partial charge in [0.1, 0.15) is 5.82 Å². The van der Waals surface area contributed by atoms with Crippen molar-refractivity contribution in [2.75, 3.05) is 58.5 Å². The fourth-order valence-electron chi connectivity index (χ4n) is 3.87. The smallest absolute Gasteiger partial charge is 0.147 e. The molecule has 2 aliphatic rings. The number of rotatable bonds is 6. The van der Waals surface area contributed by atoms with Crippen molar-refractivity contribution in [3.05, 3.63) is 18.6 Å². The van der Waals surface area contributed by atoms with Crippen LogP contribution in [0.3, 0.4) is 0 Å². The highest BCUT2D eigenvalue weighted by molar-refractivity contribution is 5.36. The summed E-state index contributed by atoms with van der Waals surface area (Å²) in [6.45, 7) is 5.69. The number of piperidine rings is 1. The third kappa shape index (κ3) is 4.19. The summed E-state index contributed by atoms with van der Waals surface area (Å²) >= 11 is 0. The molecule has 128 valence electrons. The van der Waals surface area contributed by atoms with Crippen molar-refractivity contribution in [2.45, 2.75) is 24.9 Å². The first kappa shape index (κ1) is 16.6. The van der Waals surface area contributed by atoms with Crippen LogP contribution < -0.4 is 4.90 Å². The first-order valence-corrected chi connectivity index (χ1v) is 8.53. The van der Waals surface area contributed by atoms with Gasteiger partial charge in [0, 0.05) is 45.7 Å². The zero-order valence-corrected chi connectivity index (χ0v) is 14.3. The number of likely N-dealkylation sites (N-methyl/N-ethyl adjacent to an activating group) is 1. The van der Waals surface area contributed by atoms with Crippen LogP contribution in [0.1, 0.15) is 19.3 Å². The lowest BCUT2D eigenvalue weighted by Crippen LogP contribution is -2.48. The molecule has 6 nitrogen and oxygen atoms in total.